The fraction of sp³-hybridized carbons (Fsp3) is 0.830. The quantitative estimate of drug-likeness (QED) is 0.0197. The molecule has 0 saturated carbocycles. The van der Waals surface area contributed by atoms with Crippen molar-refractivity contribution in [3.8, 4) is 0 Å². The molecule has 0 N–H and O–H groups in total. The van der Waals surface area contributed by atoms with Crippen molar-refractivity contribution in [2.45, 2.75) is 244 Å². The van der Waals surface area contributed by atoms with Gasteiger partial charge in [0.1, 0.15) is 12.6 Å². The molecular weight excluding hydrogens is 763 g/mol. The van der Waals surface area contributed by atoms with Crippen LogP contribution >= 0.6 is 0 Å². The van der Waals surface area contributed by atoms with Crippen molar-refractivity contribution in [1.29, 1.82) is 0 Å². The number of carboxylic acid groups (broad SMARTS) is 1. The minimum Gasteiger partial charge on any atom is -0.544 e. The summed E-state index contributed by atoms with van der Waals surface area (Å²) in [5.41, 5.74) is 0. The van der Waals surface area contributed by atoms with E-state index in [0.717, 1.165) is 38.5 Å². The average Bonchev–Trinajstić information content (AvgIpc) is 3.22. The van der Waals surface area contributed by atoms with Crippen molar-refractivity contribution in [3.05, 3.63) is 36.5 Å². The van der Waals surface area contributed by atoms with E-state index in [1.165, 1.54) is 161 Å². The molecule has 2 unspecified atom stereocenters. The Kier molecular flexibility index (Phi) is 42.4. The van der Waals surface area contributed by atoms with E-state index in [4.69, 9.17) is 14.2 Å². The summed E-state index contributed by atoms with van der Waals surface area (Å²) in [6, 6.07) is -0.726. The van der Waals surface area contributed by atoms with E-state index in [1.807, 2.05) is 0 Å². The second kappa shape index (κ2) is 44.2. The lowest BCUT2D eigenvalue weighted by atomic mass is 10.1. The highest BCUT2D eigenvalue weighted by Crippen LogP contribution is 2.15. The molecule has 0 spiro atoms. The first-order valence-corrected chi connectivity index (χ1v) is 25.5. The molecule has 8 nitrogen and oxygen atoms in total. The lowest BCUT2D eigenvalue weighted by Gasteiger charge is -2.34. The molecule has 0 aliphatic heterocycles. The molecule has 0 aliphatic rings. The maximum absolute atomic E-state index is 12.8. The number of allylic oxidation sites excluding steroid dienone is 6. The normalized spacial score (nSPS) is 13.1. The Morgan fingerprint density at radius 1 is 0.492 bits per heavy atom. The number of unbranched alkanes of at least 4 members (excludes halogenated alkanes) is 27. The first-order valence-electron chi connectivity index (χ1n) is 25.5. The molecule has 0 saturated heterocycles. The zero-order chi connectivity index (χ0) is 44.9. The topological polar surface area (TPSA) is 102 Å². The fourth-order valence-corrected chi connectivity index (χ4v) is 7.53. The van der Waals surface area contributed by atoms with Crippen LogP contribution in [0.1, 0.15) is 232 Å². The second-order valence-electron chi connectivity index (χ2n) is 18.4. The molecule has 0 aromatic heterocycles. The van der Waals surface area contributed by atoms with Crippen LogP contribution in [0.2, 0.25) is 0 Å². The van der Waals surface area contributed by atoms with Crippen LogP contribution in [0, 0.1) is 0 Å². The smallest absolute Gasteiger partial charge is 0.306 e. The third-order valence-electron chi connectivity index (χ3n) is 11.5. The van der Waals surface area contributed by atoms with E-state index < -0.39 is 18.1 Å². The molecule has 0 rings (SSSR count). The van der Waals surface area contributed by atoms with Crippen molar-refractivity contribution < 1.29 is 38.2 Å². The summed E-state index contributed by atoms with van der Waals surface area (Å²) >= 11 is 0. The summed E-state index contributed by atoms with van der Waals surface area (Å²) < 4.78 is 17.2. The molecule has 61 heavy (non-hydrogen) atoms. The molecule has 0 aromatic rings. The van der Waals surface area contributed by atoms with Crippen molar-refractivity contribution in [1.82, 2.24) is 0 Å². The number of nitrogens with zero attached hydrogens (tertiary/aromatic N) is 1. The number of carbonyl (C=O) groups is 3. The fourth-order valence-electron chi connectivity index (χ4n) is 7.53. The van der Waals surface area contributed by atoms with Gasteiger partial charge in [0.05, 0.1) is 40.3 Å². The number of quaternary nitrogens is 1. The van der Waals surface area contributed by atoms with Crippen LogP contribution in [-0.2, 0) is 28.6 Å². The number of carbonyl (C=O) groups excluding carboxylic acids is 3. The van der Waals surface area contributed by atoms with Crippen LogP contribution in [0.4, 0.5) is 0 Å². The first-order chi connectivity index (χ1) is 29.6. The number of likely N-dealkylation sites (N-methyl/N-ethyl adjacent to an activating group) is 1. The largest absolute Gasteiger partial charge is 0.544 e. The van der Waals surface area contributed by atoms with Gasteiger partial charge in [0.25, 0.3) is 0 Å². The summed E-state index contributed by atoms with van der Waals surface area (Å²) in [5.74, 6) is -1.73. The minimum absolute atomic E-state index is 0.0398. The average molecular weight is 860 g/mol. The van der Waals surface area contributed by atoms with E-state index in [9.17, 15) is 19.5 Å². The lowest BCUT2D eigenvalue weighted by molar-refractivity contribution is -0.889. The van der Waals surface area contributed by atoms with Gasteiger partial charge in [-0.05, 0) is 64.2 Å². The molecule has 0 bridgehead atoms. The van der Waals surface area contributed by atoms with Gasteiger partial charge in [0.2, 0.25) is 0 Å². The van der Waals surface area contributed by atoms with Crippen LogP contribution in [0.25, 0.3) is 0 Å². The van der Waals surface area contributed by atoms with E-state index in [-0.39, 0.29) is 42.7 Å². The third-order valence-corrected chi connectivity index (χ3v) is 11.5. The Labute approximate surface area is 376 Å². The van der Waals surface area contributed by atoms with Gasteiger partial charge in [-0.2, -0.15) is 0 Å². The van der Waals surface area contributed by atoms with Gasteiger partial charge in [0, 0.05) is 19.3 Å². The van der Waals surface area contributed by atoms with Crippen LogP contribution in [0.3, 0.4) is 0 Å². The maximum atomic E-state index is 12.8. The van der Waals surface area contributed by atoms with Gasteiger partial charge in [-0.15, -0.1) is 0 Å². The van der Waals surface area contributed by atoms with Gasteiger partial charge in [-0.3, -0.25) is 9.59 Å². The van der Waals surface area contributed by atoms with Crippen LogP contribution < -0.4 is 5.11 Å². The van der Waals surface area contributed by atoms with E-state index in [2.05, 4.69) is 50.3 Å². The molecule has 0 radical (unpaired) electrons. The predicted molar refractivity (Wildman–Crippen MR) is 254 cm³/mol. The Morgan fingerprint density at radius 3 is 1.30 bits per heavy atom. The summed E-state index contributed by atoms with van der Waals surface area (Å²) in [6.07, 6.45) is 51.6. The zero-order valence-corrected chi connectivity index (χ0v) is 40.6. The summed E-state index contributed by atoms with van der Waals surface area (Å²) in [6.45, 7) is 4.66. The summed E-state index contributed by atoms with van der Waals surface area (Å²) in [7, 11) is 5.42. The lowest BCUT2D eigenvalue weighted by Crippen LogP contribution is -2.55. The highest BCUT2D eigenvalue weighted by molar-refractivity contribution is 5.70. The Morgan fingerprint density at radius 2 is 0.869 bits per heavy atom. The molecule has 0 heterocycles. The van der Waals surface area contributed by atoms with E-state index >= 15 is 0 Å². The van der Waals surface area contributed by atoms with Gasteiger partial charge < -0.3 is 28.6 Å². The standard InChI is InChI=1S/C53H97NO7/c1-6-8-10-12-14-16-18-20-22-24-25-26-28-29-31-33-35-37-39-41-43-51(55)60-48-49(47-59-46-45-50(53(57)58)54(3,4)5)61-52(56)44-42-40-38-36-34-32-30-27-23-21-19-17-15-13-11-9-7-2/h16,18,20-23,49-50H,6-15,17,19,24-48H2,1-5H3/b18-16+,22-20+,23-21+. The Bertz CT molecular complexity index is 1090. The third kappa shape index (κ3) is 42.6. The molecule has 0 amide bonds. The van der Waals surface area contributed by atoms with E-state index in [1.54, 1.807) is 21.1 Å². The molecule has 0 aromatic carbocycles. The highest BCUT2D eigenvalue weighted by Gasteiger charge is 2.25. The molecule has 2 atom stereocenters. The van der Waals surface area contributed by atoms with Crippen LogP contribution in [-0.4, -0.2) is 75.5 Å². The minimum atomic E-state index is -1.12. The number of aliphatic carboxylic acids is 1. The highest BCUT2D eigenvalue weighted by atomic mass is 16.6. The Balaban J connectivity index is 4.25. The number of carboxylic acids is 1. The van der Waals surface area contributed by atoms with Gasteiger partial charge >= 0.3 is 11.9 Å². The molecule has 0 fully saturated rings. The van der Waals surface area contributed by atoms with E-state index in [0.29, 0.717) is 12.8 Å². The second-order valence-corrected chi connectivity index (χ2v) is 18.4. The van der Waals surface area contributed by atoms with Crippen molar-refractivity contribution in [3.63, 3.8) is 0 Å². The number of hydrogen-bond donors (Lipinski definition) is 0. The van der Waals surface area contributed by atoms with Gasteiger partial charge in [-0.1, -0.05) is 185 Å². The van der Waals surface area contributed by atoms with Crippen LogP contribution in [0.15, 0.2) is 36.5 Å². The van der Waals surface area contributed by atoms with Crippen molar-refractivity contribution >= 4 is 17.9 Å². The summed E-state index contributed by atoms with van der Waals surface area (Å²) in [5, 5.41) is 11.7. The monoisotopic (exact) mass is 860 g/mol. The summed E-state index contributed by atoms with van der Waals surface area (Å²) in [4.78, 5) is 37.0. The molecule has 356 valence electrons. The number of hydrogen-bond acceptors (Lipinski definition) is 7. The predicted octanol–water partition coefficient (Wildman–Crippen LogP) is 13.3. The number of rotatable bonds is 46. The van der Waals surface area contributed by atoms with Crippen molar-refractivity contribution in [2.24, 2.45) is 0 Å². The first kappa shape index (κ1) is 58.6. The van der Waals surface area contributed by atoms with Gasteiger partial charge in [-0.25, -0.2) is 0 Å². The maximum Gasteiger partial charge on any atom is 0.306 e. The van der Waals surface area contributed by atoms with Crippen molar-refractivity contribution in [2.75, 3.05) is 41.0 Å². The van der Waals surface area contributed by atoms with Crippen LogP contribution in [0.5, 0.6) is 0 Å². The molecule has 8 heteroatoms. The SMILES string of the molecule is CCCCCC/C=C/C=C/CCCCCCCCCCCCC(=O)OCC(COCCC(C(=O)[O-])[N+](C)(C)C)OC(=O)CCCCCCCCC/C=C/CCCCCCCC. The molecule has 0 aliphatic carbocycles. The Hall–Kier alpha value is -2.45. The number of ether oxygens (including phenoxy) is 3. The molecular formula is C53H97NO7. The zero-order valence-electron chi connectivity index (χ0n) is 40.6. The number of esters is 2. The van der Waals surface area contributed by atoms with Gasteiger partial charge in [0.15, 0.2) is 6.10 Å².